The van der Waals surface area contributed by atoms with E-state index in [4.69, 9.17) is 4.74 Å². The van der Waals surface area contributed by atoms with Gasteiger partial charge in [0, 0.05) is 29.9 Å². The highest BCUT2D eigenvalue weighted by Gasteiger charge is 2.27. The number of nitrogens with zero attached hydrogens (tertiary/aromatic N) is 5. The summed E-state index contributed by atoms with van der Waals surface area (Å²) in [7, 11) is 1.55. The minimum atomic E-state index is -1.58. The van der Waals surface area contributed by atoms with Gasteiger partial charge in [-0.15, -0.1) is 5.10 Å². The lowest BCUT2D eigenvalue weighted by molar-refractivity contribution is 0.419. The molecule has 4 aromatic rings. The molecule has 0 unspecified atom stereocenters. The second kappa shape index (κ2) is 9.69. The summed E-state index contributed by atoms with van der Waals surface area (Å²) in [5, 5.41) is 25.8. The minimum absolute atomic E-state index is 0.0332. The van der Waals surface area contributed by atoms with Crippen molar-refractivity contribution >= 4 is 22.3 Å². The lowest BCUT2D eigenvalue weighted by Gasteiger charge is -2.23. The third-order valence-corrected chi connectivity index (χ3v) is 6.16. The summed E-state index contributed by atoms with van der Waals surface area (Å²) in [5.74, 6) is 0.0890. The van der Waals surface area contributed by atoms with Gasteiger partial charge in [0.2, 0.25) is 0 Å². The SMILES string of the molecule is [2H][C@](Nc1cc(OC)c2ncc(C#N)c(NCC(C)(C)C)c2c1)(c1ccc(F)cc1)c1cn(C2CC2)nn1. The van der Waals surface area contributed by atoms with Gasteiger partial charge in [0.15, 0.2) is 0 Å². The summed E-state index contributed by atoms with van der Waals surface area (Å²) in [6.07, 6.45) is 5.35. The van der Waals surface area contributed by atoms with E-state index >= 15 is 0 Å². The average Bonchev–Trinajstić information content (AvgIpc) is 3.62. The van der Waals surface area contributed by atoms with Crippen molar-refractivity contribution in [2.24, 2.45) is 5.41 Å². The molecular weight excluding hydrogens is 469 g/mol. The number of fused-ring (bicyclic) bond motifs is 1. The molecule has 2 heterocycles. The smallest absolute Gasteiger partial charge is 0.147 e. The van der Waals surface area contributed by atoms with Gasteiger partial charge in [-0.05, 0) is 42.0 Å². The molecule has 2 N–H and O–H groups in total. The fourth-order valence-electron chi connectivity index (χ4n) is 4.08. The molecule has 190 valence electrons. The second-order valence-electron chi connectivity index (χ2n) is 10.5. The van der Waals surface area contributed by atoms with Gasteiger partial charge in [-0.2, -0.15) is 5.26 Å². The molecule has 5 rings (SSSR count). The Balaban J connectivity index is 1.64. The lowest BCUT2D eigenvalue weighted by Crippen LogP contribution is -2.20. The molecule has 0 bridgehead atoms. The summed E-state index contributed by atoms with van der Waals surface area (Å²) in [4.78, 5) is 4.49. The van der Waals surface area contributed by atoms with Crippen LogP contribution in [-0.4, -0.2) is 33.6 Å². The third kappa shape index (κ3) is 5.33. The number of nitrogens with one attached hydrogen (secondary N) is 2. The zero-order valence-electron chi connectivity index (χ0n) is 22.3. The number of pyridine rings is 1. The topological polar surface area (TPSA) is 101 Å². The van der Waals surface area contributed by atoms with E-state index in [1.807, 2.05) is 6.07 Å². The predicted molar refractivity (Wildman–Crippen MR) is 141 cm³/mol. The maximum atomic E-state index is 13.8. The van der Waals surface area contributed by atoms with Crippen molar-refractivity contribution in [3.05, 3.63) is 71.4 Å². The molecule has 0 spiro atoms. The zero-order valence-corrected chi connectivity index (χ0v) is 21.3. The zero-order chi connectivity index (χ0) is 27.1. The van der Waals surface area contributed by atoms with Crippen molar-refractivity contribution in [1.29, 1.82) is 5.26 Å². The number of nitriles is 1. The number of methoxy groups -OCH3 is 1. The first-order chi connectivity index (χ1) is 18.1. The van der Waals surface area contributed by atoms with E-state index in [2.05, 4.69) is 52.8 Å². The molecule has 1 aliphatic rings. The van der Waals surface area contributed by atoms with Crippen LogP contribution < -0.4 is 15.4 Å². The Bertz CT molecular complexity index is 1520. The summed E-state index contributed by atoms with van der Waals surface area (Å²) in [5.41, 5.74) is 3.03. The molecule has 1 aliphatic carbocycles. The van der Waals surface area contributed by atoms with Crippen LogP contribution in [0, 0.1) is 22.6 Å². The van der Waals surface area contributed by atoms with Crippen LogP contribution >= 0.6 is 0 Å². The van der Waals surface area contributed by atoms with Gasteiger partial charge in [0.05, 0.1) is 38.0 Å². The number of hydrogen-bond donors (Lipinski definition) is 2. The molecule has 0 aliphatic heterocycles. The molecule has 37 heavy (non-hydrogen) atoms. The van der Waals surface area contributed by atoms with Crippen LogP contribution in [0.4, 0.5) is 15.8 Å². The van der Waals surface area contributed by atoms with Crippen molar-refractivity contribution in [2.45, 2.75) is 45.7 Å². The van der Waals surface area contributed by atoms with Gasteiger partial charge < -0.3 is 15.4 Å². The largest absolute Gasteiger partial charge is 0.494 e. The Hall–Kier alpha value is -4.19. The Kier molecular flexibility index (Phi) is 6.08. The van der Waals surface area contributed by atoms with Crippen molar-refractivity contribution in [1.82, 2.24) is 20.0 Å². The van der Waals surface area contributed by atoms with E-state index in [-0.39, 0.29) is 5.41 Å². The van der Waals surface area contributed by atoms with Gasteiger partial charge in [-0.1, -0.05) is 38.1 Å². The molecule has 2 aromatic heterocycles. The molecule has 0 saturated heterocycles. The molecule has 1 atom stereocenters. The summed E-state index contributed by atoms with van der Waals surface area (Å²) < 4.78 is 30.8. The number of anilines is 2. The Morgan fingerprint density at radius 1 is 1.27 bits per heavy atom. The first-order valence-corrected chi connectivity index (χ1v) is 12.2. The number of ether oxygens (including phenoxy) is 1. The van der Waals surface area contributed by atoms with E-state index in [0.29, 0.717) is 57.4 Å². The van der Waals surface area contributed by atoms with Gasteiger partial charge in [0.25, 0.3) is 0 Å². The number of rotatable bonds is 8. The van der Waals surface area contributed by atoms with Crippen molar-refractivity contribution in [3.63, 3.8) is 0 Å². The molecule has 2 aromatic carbocycles. The molecule has 1 fully saturated rings. The molecule has 9 heteroatoms. The van der Waals surface area contributed by atoms with Crippen molar-refractivity contribution in [3.8, 4) is 11.8 Å². The highest BCUT2D eigenvalue weighted by molar-refractivity contribution is 5.99. The quantitative estimate of drug-likeness (QED) is 0.313. The van der Waals surface area contributed by atoms with Crippen LogP contribution in [0.1, 0.15) is 63.9 Å². The number of benzene rings is 2. The summed E-state index contributed by atoms with van der Waals surface area (Å²) in [6.45, 7) is 6.95. The number of halogens is 1. The molecule has 8 nitrogen and oxygen atoms in total. The van der Waals surface area contributed by atoms with Crippen LogP contribution in [0.25, 0.3) is 10.9 Å². The Labute approximate surface area is 216 Å². The monoisotopic (exact) mass is 500 g/mol. The third-order valence-electron chi connectivity index (χ3n) is 6.16. The average molecular weight is 501 g/mol. The highest BCUT2D eigenvalue weighted by atomic mass is 19.1. The number of hydrogen-bond acceptors (Lipinski definition) is 7. The lowest BCUT2D eigenvalue weighted by atomic mass is 9.96. The first kappa shape index (κ1) is 23.2. The maximum absolute atomic E-state index is 13.8. The van der Waals surface area contributed by atoms with Gasteiger partial charge in [0.1, 0.15) is 28.8 Å². The molecule has 0 radical (unpaired) electrons. The maximum Gasteiger partial charge on any atom is 0.147 e. The van der Waals surface area contributed by atoms with Gasteiger partial charge in [-0.25, -0.2) is 9.07 Å². The van der Waals surface area contributed by atoms with E-state index < -0.39 is 11.8 Å². The predicted octanol–water partition coefficient (Wildman–Crippen LogP) is 5.84. The molecule has 1 saturated carbocycles. The number of aromatic nitrogens is 4. The highest BCUT2D eigenvalue weighted by Crippen LogP contribution is 2.38. The fourth-order valence-corrected chi connectivity index (χ4v) is 4.08. The van der Waals surface area contributed by atoms with Crippen LogP contribution in [-0.2, 0) is 0 Å². The van der Waals surface area contributed by atoms with Crippen molar-refractivity contribution in [2.75, 3.05) is 24.3 Å². The normalized spacial score (nSPS) is 15.5. The van der Waals surface area contributed by atoms with Crippen LogP contribution in [0.2, 0.25) is 0 Å². The summed E-state index contributed by atoms with van der Waals surface area (Å²) >= 11 is 0. The second-order valence-corrected chi connectivity index (χ2v) is 10.5. The van der Waals surface area contributed by atoms with Gasteiger partial charge in [-0.3, -0.25) is 4.98 Å². The van der Waals surface area contributed by atoms with Crippen LogP contribution in [0.5, 0.6) is 5.75 Å². The fraction of sp³-hybridized carbons (Fsp3) is 0.357. The Morgan fingerprint density at radius 2 is 2.03 bits per heavy atom. The standard InChI is InChI=1S/C28H30FN7O/c1-28(2,3)16-32-25-18(13-30)14-31-27-22(25)11-20(12-24(27)37-4)33-26(17-5-7-19(29)8-6-17)23-15-36(35-34-23)21-9-10-21/h5-8,11-12,14-15,21,26,33H,9-10,16H2,1-4H3,(H,31,32)/t26-/m0/s1/i26D. The van der Waals surface area contributed by atoms with Gasteiger partial charge >= 0.3 is 0 Å². The minimum Gasteiger partial charge on any atom is -0.494 e. The summed E-state index contributed by atoms with van der Waals surface area (Å²) in [6, 6.07) is 10.3. The van der Waals surface area contributed by atoms with E-state index in [9.17, 15) is 11.0 Å². The van der Waals surface area contributed by atoms with Crippen LogP contribution in [0.15, 0.2) is 48.8 Å². The molecular formula is C28H30FN7O. The first-order valence-electron chi connectivity index (χ1n) is 12.7. The van der Waals surface area contributed by atoms with Crippen molar-refractivity contribution < 1.29 is 10.5 Å². The van der Waals surface area contributed by atoms with Crippen LogP contribution in [0.3, 0.4) is 0 Å². The van der Waals surface area contributed by atoms with E-state index in [1.54, 1.807) is 36.2 Å². The Morgan fingerprint density at radius 3 is 2.68 bits per heavy atom. The van der Waals surface area contributed by atoms with E-state index in [0.717, 1.165) is 12.8 Å². The van der Waals surface area contributed by atoms with E-state index in [1.165, 1.54) is 18.3 Å². The molecule has 0 amide bonds.